The molecule has 2 aromatic rings. The Morgan fingerprint density at radius 2 is 1.97 bits per heavy atom. The van der Waals surface area contributed by atoms with E-state index in [1.165, 1.54) is 18.2 Å². The van der Waals surface area contributed by atoms with Crippen LogP contribution in [-0.4, -0.2) is 55.5 Å². The summed E-state index contributed by atoms with van der Waals surface area (Å²) in [6.07, 6.45) is 2.43. The summed E-state index contributed by atoms with van der Waals surface area (Å²) >= 11 is 0. The second-order valence-corrected chi connectivity index (χ2v) is 10.5. The van der Waals surface area contributed by atoms with Gasteiger partial charge in [0.05, 0.1) is 24.7 Å². The van der Waals surface area contributed by atoms with Gasteiger partial charge in [0.1, 0.15) is 0 Å². The minimum Gasteiger partial charge on any atom is -0.466 e. The third-order valence-electron chi connectivity index (χ3n) is 8.95. The number of benzene rings is 2. The van der Waals surface area contributed by atoms with E-state index in [-0.39, 0.29) is 41.8 Å². The van der Waals surface area contributed by atoms with Crippen molar-refractivity contribution in [2.24, 2.45) is 17.8 Å². The van der Waals surface area contributed by atoms with Gasteiger partial charge in [0, 0.05) is 43.7 Å². The highest BCUT2D eigenvalue weighted by molar-refractivity contribution is 5.93. The fourth-order valence-electron chi connectivity index (χ4n) is 7.47. The maximum absolute atomic E-state index is 13.2. The molecule has 2 aromatic carbocycles. The number of anilines is 1. The van der Waals surface area contributed by atoms with Crippen molar-refractivity contribution in [1.82, 2.24) is 4.90 Å². The van der Waals surface area contributed by atoms with Crippen molar-refractivity contribution in [2.75, 3.05) is 38.8 Å². The van der Waals surface area contributed by atoms with E-state index in [9.17, 15) is 9.90 Å². The van der Waals surface area contributed by atoms with E-state index in [1.807, 2.05) is 0 Å². The van der Waals surface area contributed by atoms with Crippen LogP contribution in [0.3, 0.4) is 0 Å². The number of hydrogen-bond donors (Lipinski definition) is 2. The van der Waals surface area contributed by atoms with Crippen LogP contribution >= 0.6 is 0 Å². The average molecular weight is 475 g/mol. The maximum atomic E-state index is 13.2. The SMILES string of the molecule is COC(=O)C1=C2Nc3ccccc3[C@]23CCN(Cc2ccccc2)[C@@H]3[C@@H]([C@H]2COCC[C@H]2CO)C1. The van der Waals surface area contributed by atoms with E-state index in [2.05, 4.69) is 64.8 Å². The van der Waals surface area contributed by atoms with Crippen LogP contribution in [0.5, 0.6) is 0 Å². The molecule has 0 saturated carbocycles. The number of fused-ring (bicyclic) bond motifs is 1. The van der Waals surface area contributed by atoms with Crippen molar-refractivity contribution in [3.05, 3.63) is 77.0 Å². The number of carbonyl (C=O) groups is 1. The average Bonchev–Trinajstić information content (AvgIpc) is 3.45. The predicted octanol–water partition coefficient (Wildman–Crippen LogP) is 3.72. The zero-order chi connectivity index (χ0) is 24.0. The van der Waals surface area contributed by atoms with Gasteiger partial charge in [0.25, 0.3) is 0 Å². The number of nitrogens with zero attached hydrogens (tertiary/aromatic N) is 1. The molecule has 2 N–H and O–H groups in total. The minimum absolute atomic E-state index is 0.155. The normalized spacial score (nSPS) is 31.9. The summed E-state index contributed by atoms with van der Waals surface area (Å²) in [6.45, 7) is 3.28. The summed E-state index contributed by atoms with van der Waals surface area (Å²) in [6, 6.07) is 19.4. The first-order valence-electron chi connectivity index (χ1n) is 12.8. The van der Waals surface area contributed by atoms with Gasteiger partial charge in [-0.3, -0.25) is 4.90 Å². The molecule has 1 aliphatic carbocycles. The standard InChI is InChI=1S/C29H34N2O4/c1-34-28(33)22-15-21(23-18-35-14-11-20(23)17-32)27-29(24-9-5-6-10-25(24)30-26(22)29)12-13-31(27)16-19-7-3-2-4-8-19/h2-10,20-21,23,27,30,32H,11-18H2,1H3/t20-,21+,23-,27+,29+/m0/s1. The smallest absolute Gasteiger partial charge is 0.335 e. The van der Waals surface area contributed by atoms with Crippen molar-refractivity contribution in [1.29, 1.82) is 0 Å². The van der Waals surface area contributed by atoms with Gasteiger partial charge in [-0.2, -0.15) is 0 Å². The second-order valence-electron chi connectivity index (χ2n) is 10.5. The molecule has 35 heavy (non-hydrogen) atoms. The molecule has 4 aliphatic rings. The van der Waals surface area contributed by atoms with E-state index in [1.54, 1.807) is 0 Å². The fraction of sp³-hybridized carbons (Fsp3) is 0.483. The van der Waals surface area contributed by atoms with Crippen molar-refractivity contribution in [3.8, 4) is 0 Å². The van der Waals surface area contributed by atoms with E-state index in [4.69, 9.17) is 9.47 Å². The number of para-hydroxylation sites is 1. The van der Waals surface area contributed by atoms with Gasteiger partial charge in [0.15, 0.2) is 0 Å². The Bertz CT molecular complexity index is 1130. The van der Waals surface area contributed by atoms with Crippen molar-refractivity contribution in [2.45, 2.75) is 37.3 Å². The fourth-order valence-corrected chi connectivity index (χ4v) is 7.47. The molecule has 3 aliphatic heterocycles. The van der Waals surface area contributed by atoms with Crippen molar-refractivity contribution < 1.29 is 19.4 Å². The Kier molecular flexibility index (Phi) is 5.91. The Morgan fingerprint density at radius 1 is 1.17 bits per heavy atom. The van der Waals surface area contributed by atoms with Gasteiger partial charge >= 0.3 is 5.97 Å². The van der Waals surface area contributed by atoms with E-state index >= 15 is 0 Å². The van der Waals surface area contributed by atoms with Gasteiger partial charge in [-0.25, -0.2) is 4.79 Å². The number of methoxy groups -OCH3 is 1. The van der Waals surface area contributed by atoms with Crippen LogP contribution in [0, 0.1) is 17.8 Å². The molecule has 2 fully saturated rings. The largest absolute Gasteiger partial charge is 0.466 e. The predicted molar refractivity (Wildman–Crippen MR) is 134 cm³/mol. The number of esters is 1. The van der Waals surface area contributed by atoms with Crippen LogP contribution in [-0.2, 0) is 26.2 Å². The van der Waals surface area contributed by atoms with Gasteiger partial charge in [-0.05, 0) is 54.2 Å². The molecular formula is C29H34N2O4. The number of carbonyl (C=O) groups excluding carboxylic acids is 1. The van der Waals surface area contributed by atoms with Crippen LogP contribution in [0.4, 0.5) is 5.69 Å². The second kappa shape index (κ2) is 9.08. The summed E-state index contributed by atoms with van der Waals surface area (Å²) < 4.78 is 11.3. The molecule has 0 aromatic heterocycles. The molecule has 0 unspecified atom stereocenters. The molecular weight excluding hydrogens is 440 g/mol. The Morgan fingerprint density at radius 3 is 2.77 bits per heavy atom. The first kappa shape index (κ1) is 22.8. The molecule has 0 radical (unpaired) electrons. The van der Waals surface area contributed by atoms with Crippen LogP contribution in [0.25, 0.3) is 0 Å². The highest BCUT2D eigenvalue weighted by Crippen LogP contribution is 2.61. The topological polar surface area (TPSA) is 71.0 Å². The van der Waals surface area contributed by atoms with Crippen molar-refractivity contribution >= 4 is 11.7 Å². The third kappa shape index (κ3) is 3.53. The maximum Gasteiger partial charge on any atom is 0.335 e. The number of aliphatic hydroxyl groups excluding tert-OH is 1. The summed E-state index contributed by atoms with van der Waals surface area (Å²) in [7, 11) is 1.47. The zero-order valence-corrected chi connectivity index (χ0v) is 20.3. The molecule has 3 heterocycles. The van der Waals surface area contributed by atoms with Crippen LogP contribution in [0.1, 0.15) is 30.4 Å². The van der Waals surface area contributed by atoms with E-state index in [0.29, 0.717) is 19.6 Å². The highest BCUT2D eigenvalue weighted by atomic mass is 16.5. The molecule has 6 heteroatoms. The monoisotopic (exact) mass is 474 g/mol. The van der Waals surface area contributed by atoms with Crippen molar-refractivity contribution in [3.63, 3.8) is 0 Å². The number of nitrogens with one attached hydrogen (secondary N) is 1. The van der Waals surface area contributed by atoms with Crippen LogP contribution in [0.15, 0.2) is 65.9 Å². The van der Waals surface area contributed by atoms with Gasteiger partial charge in [-0.15, -0.1) is 0 Å². The Labute approximate surface area is 206 Å². The van der Waals surface area contributed by atoms with E-state index < -0.39 is 0 Å². The molecule has 2 saturated heterocycles. The molecule has 5 atom stereocenters. The lowest BCUT2D eigenvalue weighted by atomic mass is 9.59. The number of aliphatic hydroxyl groups is 1. The molecule has 6 nitrogen and oxygen atoms in total. The third-order valence-corrected chi connectivity index (χ3v) is 8.95. The summed E-state index contributed by atoms with van der Waals surface area (Å²) in [5.74, 6) is 0.280. The Hall–Kier alpha value is -2.67. The van der Waals surface area contributed by atoms with E-state index in [0.717, 1.165) is 42.9 Å². The summed E-state index contributed by atoms with van der Waals surface area (Å²) in [5.41, 5.74) is 5.16. The minimum atomic E-state index is -0.296. The summed E-state index contributed by atoms with van der Waals surface area (Å²) in [5, 5.41) is 14.0. The summed E-state index contributed by atoms with van der Waals surface area (Å²) in [4.78, 5) is 15.8. The molecule has 0 bridgehead atoms. The molecule has 6 rings (SSSR count). The first-order valence-corrected chi connectivity index (χ1v) is 12.8. The van der Waals surface area contributed by atoms with Gasteiger partial charge < -0.3 is 19.9 Å². The van der Waals surface area contributed by atoms with Crippen LogP contribution in [0.2, 0.25) is 0 Å². The number of likely N-dealkylation sites (tertiary alicyclic amines) is 1. The van der Waals surface area contributed by atoms with Crippen LogP contribution < -0.4 is 5.32 Å². The first-order chi connectivity index (χ1) is 17.2. The van der Waals surface area contributed by atoms with Gasteiger partial charge in [0.2, 0.25) is 0 Å². The lowest BCUT2D eigenvalue weighted by Crippen LogP contribution is -2.55. The Balaban J connectivity index is 1.52. The number of ether oxygens (including phenoxy) is 2. The highest BCUT2D eigenvalue weighted by Gasteiger charge is 2.62. The van der Waals surface area contributed by atoms with Gasteiger partial charge in [-0.1, -0.05) is 48.5 Å². The molecule has 184 valence electrons. The lowest BCUT2D eigenvalue weighted by Gasteiger charge is -2.50. The zero-order valence-electron chi connectivity index (χ0n) is 20.3. The quantitative estimate of drug-likeness (QED) is 0.644. The number of hydrogen-bond acceptors (Lipinski definition) is 6. The number of rotatable bonds is 5. The molecule has 1 spiro atoms. The lowest BCUT2D eigenvalue weighted by molar-refractivity contribution is -0.137. The molecule has 0 amide bonds.